The van der Waals surface area contributed by atoms with Crippen molar-refractivity contribution in [2.24, 2.45) is 5.73 Å². The van der Waals surface area contributed by atoms with Gasteiger partial charge in [0.1, 0.15) is 6.04 Å². The summed E-state index contributed by atoms with van der Waals surface area (Å²) in [5.41, 5.74) is 5.64. The van der Waals surface area contributed by atoms with Gasteiger partial charge < -0.3 is 10.3 Å². The summed E-state index contributed by atoms with van der Waals surface area (Å²) in [7, 11) is 0. The zero-order chi connectivity index (χ0) is 14.2. The van der Waals surface area contributed by atoms with Gasteiger partial charge in [0.05, 0.1) is 10.5 Å². The molecule has 5 nitrogen and oxygen atoms in total. The first-order valence-corrected chi connectivity index (χ1v) is 6.21. The van der Waals surface area contributed by atoms with Gasteiger partial charge >= 0.3 is 6.03 Å². The second-order valence-electron chi connectivity index (χ2n) is 4.07. The summed E-state index contributed by atoms with van der Waals surface area (Å²) in [6.07, 6.45) is 1.71. The fourth-order valence-corrected chi connectivity index (χ4v) is 2.42. The highest BCUT2D eigenvalue weighted by Crippen LogP contribution is 2.30. The van der Waals surface area contributed by atoms with E-state index in [2.05, 4.69) is 0 Å². The fraction of sp³-hybridized carbons (Fsp3) is 0.167. The van der Waals surface area contributed by atoms with Gasteiger partial charge in [0.25, 0.3) is 5.91 Å². The highest BCUT2D eigenvalue weighted by atomic mass is 35.5. The van der Waals surface area contributed by atoms with Gasteiger partial charge in [0.2, 0.25) is 0 Å². The van der Waals surface area contributed by atoms with Gasteiger partial charge in [-0.1, -0.05) is 23.2 Å². The van der Waals surface area contributed by atoms with Crippen LogP contribution in [-0.4, -0.2) is 16.5 Å². The van der Waals surface area contributed by atoms with Gasteiger partial charge in [-0.25, -0.2) is 4.79 Å². The summed E-state index contributed by atoms with van der Waals surface area (Å²) in [5.74, 6) is -0.499. The predicted octanol–water partition coefficient (Wildman–Crippen LogP) is 2.70. The van der Waals surface area contributed by atoms with Crippen LogP contribution in [0.15, 0.2) is 24.4 Å². The van der Waals surface area contributed by atoms with Crippen LogP contribution in [0.5, 0.6) is 0 Å². The third-order valence-corrected chi connectivity index (χ3v) is 3.33. The molecule has 0 radical (unpaired) electrons. The van der Waals surface area contributed by atoms with Crippen LogP contribution in [0.1, 0.15) is 13.0 Å². The molecule has 0 aliphatic rings. The van der Waals surface area contributed by atoms with E-state index in [-0.39, 0.29) is 0 Å². The summed E-state index contributed by atoms with van der Waals surface area (Å²) in [4.78, 5) is 22.5. The zero-order valence-corrected chi connectivity index (χ0v) is 11.5. The molecule has 0 spiro atoms. The SMILES string of the molecule is CC(C(=O)NC(N)=O)n1ccc2c(Cl)cc(Cl)cc21. The summed E-state index contributed by atoms with van der Waals surface area (Å²) in [6.45, 7) is 1.65. The molecular formula is C12H11Cl2N3O2. The van der Waals surface area contributed by atoms with Crippen LogP contribution in [0, 0.1) is 0 Å². The largest absolute Gasteiger partial charge is 0.351 e. The standard InChI is InChI=1S/C12H11Cl2N3O2/c1-6(11(18)16-12(15)19)17-3-2-8-9(14)4-7(13)5-10(8)17/h2-6H,1H3,(H3,15,16,18,19). The van der Waals surface area contributed by atoms with Crippen LogP contribution in [0.3, 0.4) is 0 Å². The lowest BCUT2D eigenvalue weighted by molar-refractivity contribution is -0.122. The number of carbonyl (C=O) groups is 2. The highest BCUT2D eigenvalue weighted by Gasteiger charge is 2.18. The van der Waals surface area contributed by atoms with Crippen molar-refractivity contribution in [3.05, 3.63) is 34.4 Å². The molecule has 3 N–H and O–H groups in total. The number of carbonyl (C=O) groups excluding carboxylic acids is 2. The van der Waals surface area contributed by atoms with Crippen LogP contribution in [0.25, 0.3) is 10.9 Å². The molecule has 1 aromatic carbocycles. The molecule has 1 atom stereocenters. The van der Waals surface area contributed by atoms with E-state index in [0.29, 0.717) is 15.6 Å². The van der Waals surface area contributed by atoms with Gasteiger partial charge in [-0.2, -0.15) is 0 Å². The number of amides is 3. The van der Waals surface area contributed by atoms with E-state index in [1.54, 1.807) is 35.9 Å². The first-order valence-electron chi connectivity index (χ1n) is 5.46. The molecule has 0 aliphatic carbocycles. The minimum atomic E-state index is -0.885. The van der Waals surface area contributed by atoms with Gasteiger partial charge in [-0.05, 0) is 25.1 Å². The maximum atomic E-state index is 11.8. The molecular weight excluding hydrogens is 289 g/mol. The lowest BCUT2D eigenvalue weighted by atomic mass is 10.2. The van der Waals surface area contributed by atoms with Gasteiger partial charge in [0.15, 0.2) is 0 Å². The van der Waals surface area contributed by atoms with E-state index in [1.165, 1.54) is 0 Å². The maximum absolute atomic E-state index is 11.8. The van der Waals surface area contributed by atoms with Crippen LogP contribution >= 0.6 is 23.2 Å². The molecule has 0 aliphatic heterocycles. The number of nitrogens with zero attached hydrogens (tertiary/aromatic N) is 1. The van der Waals surface area contributed by atoms with Crippen LogP contribution in [0.2, 0.25) is 10.0 Å². The van der Waals surface area contributed by atoms with E-state index >= 15 is 0 Å². The minimum Gasteiger partial charge on any atom is -0.351 e. The van der Waals surface area contributed by atoms with E-state index < -0.39 is 18.0 Å². The summed E-state index contributed by atoms with van der Waals surface area (Å²) in [5, 5.41) is 3.80. The predicted molar refractivity (Wildman–Crippen MR) is 74.4 cm³/mol. The molecule has 1 heterocycles. The Kier molecular flexibility index (Phi) is 3.68. The van der Waals surface area contributed by atoms with E-state index in [1.807, 2.05) is 5.32 Å². The van der Waals surface area contributed by atoms with Crippen LogP contribution in [-0.2, 0) is 4.79 Å². The molecule has 1 aromatic heterocycles. The fourth-order valence-electron chi connectivity index (χ4n) is 1.87. The number of fused-ring (bicyclic) bond motifs is 1. The third kappa shape index (κ3) is 2.67. The van der Waals surface area contributed by atoms with Crippen molar-refractivity contribution in [1.82, 2.24) is 9.88 Å². The van der Waals surface area contributed by atoms with Gasteiger partial charge in [-0.15, -0.1) is 0 Å². The van der Waals surface area contributed by atoms with Crippen molar-refractivity contribution in [2.45, 2.75) is 13.0 Å². The smallest absolute Gasteiger partial charge is 0.318 e. The average Bonchev–Trinajstić information content (AvgIpc) is 2.70. The van der Waals surface area contributed by atoms with Crippen molar-refractivity contribution in [3.63, 3.8) is 0 Å². The number of aromatic nitrogens is 1. The number of hydrogen-bond acceptors (Lipinski definition) is 2. The van der Waals surface area contributed by atoms with E-state index in [4.69, 9.17) is 28.9 Å². The zero-order valence-electron chi connectivity index (χ0n) is 9.98. The first-order chi connectivity index (χ1) is 8.90. The Hall–Kier alpha value is -1.72. The van der Waals surface area contributed by atoms with E-state index in [0.717, 1.165) is 5.39 Å². The number of primary amides is 1. The summed E-state index contributed by atoms with van der Waals surface area (Å²) in [6, 6.07) is 3.62. The molecule has 0 fully saturated rings. The number of rotatable bonds is 2. The van der Waals surface area contributed by atoms with E-state index in [9.17, 15) is 9.59 Å². The van der Waals surface area contributed by atoms with Crippen molar-refractivity contribution in [1.29, 1.82) is 0 Å². The molecule has 100 valence electrons. The Bertz CT molecular complexity index is 666. The number of urea groups is 1. The molecule has 0 saturated heterocycles. The molecule has 0 saturated carbocycles. The molecule has 2 aromatic rings. The lowest BCUT2D eigenvalue weighted by Gasteiger charge is -2.14. The molecule has 1 unspecified atom stereocenters. The van der Waals surface area contributed by atoms with Gasteiger partial charge in [0, 0.05) is 16.6 Å². The Labute approximate surface area is 119 Å². The summed E-state index contributed by atoms with van der Waals surface area (Å²) >= 11 is 12.0. The third-order valence-electron chi connectivity index (χ3n) is 2.80. The minimum absolute atomic E-state index is 0.472. The van der Waals surface area contributed by atoms with Crippen molar-refractivity contribution in [3.8, 4) is 0 Å². The van der Waals surface area contributed by atoms with Gasteiger partial charge in [-0.3, -0.25) is 10.1 Å². The Morgan fingerprint density at radius 3 is 2.68 bits per heavy atom. The topological polar surface area (TPSA) is 77.1 Å². The average molecular weight is 300 g/mol. The summed E-state index contributed by atoms with van der Waals surface area (Å²) < 4.78 is 1.67. The van der Waals surface area contributed by atoms with Crippen LogP contribution in [0.4, 0.5) is 4.79 Å². The Morgan fingerprint density at radius 2 is 2.05 bits per heavy atom. The number of imide groups is 1. The normalized spacial score (nSPS) is 12.4. The van der Waals surface area contributed by atoms with Crippen molar-refractivity contribution in [2.75, 3.05) is 0 Å². The first kappa shape index (κ1) is 13.7. The van der Waals surface area contributed by atoms with Crippen molar-refractivity contribution < 1.29 is 9.59 Å². The quantitative estimate of drug-likeness (QED) is 0.894. The monoisotopic (exact) mass is 299 g/mol. The molecule has 3 amide bonds. The highest BCUT2D eigenvalue weighted by molar-refractivity contribution is 6.38. The molecule has 19 heavy (non-hydrogen) atoms. The second kappa shape index (κ2) is 5.11. The molecule has 2 rings (SSSR count). The maximum Gasteiger partial charge on any atom is 0.318 e. The number of nitrogens with one attached hydrogen (secondary N) is 1. The number of nitrogens with two attached hydrogens (primary N) is 1. The molecule has 0 bridgehead atoms. The van der Waals surface area contributed by atoms with Crippen LogP contribution < -0.4 is 11.1 Å². The number of benzene rings is 1. The Balaban J connectivity index is 2.45. The number of hydrogen-bond donors (Lipinski definition) is 2. The second-order valence-corrected chi connectivity index (χ2v) is 4.92. The molecule has 7 heteroatoms. The lowest BCUT2D eigenvalue weighted by Crippen LogP contribution is -2.38. The van der Waals surface area contributed by atoms with Crippen molar-refractivity contribution >= 4 is 46.0 Å². The number of halogens is 2. The Morgan fingerprint density at radius 1 is 1.37 bits per heavy atom.